The van der Waals surface area contributed by atoms with Gasteiger partial charge in [0.1, 0.15) is 0 Å². The number of esters is 1. The Kier molecular flexibility index (Phi) is 4.84. The molecule has 0 saturated carbocycles. The zero-order valence-corrected chi connectivity index (χ0v) is 14.8. The van der Waals surface area contributed by atoms with Gasteiger partial charge in [0.05, 0.1) is 0 Å². The SMILES string of the molecule is CC(=O)Nc1ccc(C2=NC(=Cc3ccc(N(C)C)cc3)C(=O)O2)cc1. The predicted molar refractivity (Wildman–Crippen MR) is 102 cm³/mol. The molecule has 1 aliphatic heterocycles. The molecule has 132 valence electrons. The number of anilines is 2. The van der Waals surface area contributed by atoms with E-state index in [2.05, 4.69) is 10.3 Å². The lowest BCUT2D eigenvalue weighted by molar-refractivity contribution is -0.129. The standard InChI is InChI=1S/C20H19N3O3/c1-13(24)21-16-8-6-15(7-9-16)19-22-18(20(25)26-19)12-14-4-10-17(11-5-14)23(2)3/h4-12H,1-3H3,(H,21,24). The van der Waals surface area contributed by atoms with Crippen molar-refractivity contribution in [2.75, 3.05) is 24.3 Å². The Morgan fingerprint density at radius 2 is 1.73 bits per heavy atom. The van der Waals surface area contributed by atoms with E-state index in [4.69, 9.17) is 4.74 Å². The number of aliphatic imine (C=N–C) groups is 1. The summed E-state index contributed by atoms with van der Waals surface area (Å²) in [5, 5.41) is 2.68. The van der Waals surface area contributed by atoms with Gasteiger partial charge < -0.3 is 15.0 Å². The first kappa shape index (κ1) is 17.4. The second-order valence-corrected chi connectivity index (χ2v) is 6.08. The fourth-order valence-corrected chi connectivity index (χ4v) is 2.46. The normalized spacial score (nSPS) is 14.8. The Labute approximate surface area is 151 Å². The second-order valence-electron chi connectivity index (χ2n) is 6.08. The molecule has 0 bridgehead atoms. The number of hydrogen-bond acceptors (Lipinski definition) is 5. The van der Waals surface area contributed by atoms with Crippen molar-refractivity contribution in [3.05, 3.63) is 65.4 Å². The number of amides is 1. The number of carbonyl (C=O) groups is 2. The van der Waals surface area contributed by atoms with Crippen LogP contribution >= 0.6 is 0 Å². The quantitative estimate of drug-likeness (QED) is 0.680. The van der Waals surface area contributed by atoms with Crippen LogP contribution in [0, 0.1) is 0 Å². The number of rotatable bonds is 4. The van der Waals surface area contributed by atoms with Crippen LogP contribution in [-0.4, -0.2) is 31.9 Å². The van der Waals surface area contributed by atoms with Gasteiger partial charge >= 0.3 is 5.97 Å². The highest BCUT2D eigenvalue weighted by Crippen LogP contribution is 2.21. The lowest BCUT2D eigenvalue weighted by atomic mass is 10.1. The van der Waals surface area contributed by atoms with Crippen LogP contribution in [0.4, 0.5) is 11.4 Å². The Morgan fingerprint density at radius 3 is 2.31 bits per heavy atom. The van der Waals surface area contributed by atoms with Crippen molar-refractivity contribution < 1.29 is 14.3 Å². The molecule has 0 atom stereocenters. The van der Waals surface area contributed by atoms with Crippen LogP contribution in [-0.2, 0) is 14.3 Å². The largest absolute Gasteiger partial charge is 0.402 e. The molecule has 6 heteroatoms. The molecule has 6 nitrogen and oxygen atoms in total. The maximum absolute atomic E-state index is 12.1. The molecule has 0 aromatic heterocycles. The van der Waals surface area contributed by atoms with Gasteiger partial charge in [-0.05, 0) is 48.0 Å². The van der Waals surface area contributed by atoms with Gasteiger partial charge in [-0.1, -0.05) is 12.1 Å². The number of nitrogens with one attached hydrogen (secondary N) is 1. The third-order valence-corrected chi connectivity index (χ3v) is 3.79. The van der Waals surface area contributed by atoms with Gasteiger partial charge in [-0.3, -0.25) is 4.79 Å². The Hall–Kier alpha value is -3.41. The molecule has 1 aliphatic rings. The summed E-state index contributed by atoms with van der Waals surface area (Å²) in [6, 6.07) is 14.7. The zero-order chi connectivity index (χ0) is 18.7. The summed E-state index contributed by atoms with van der Waals surface area (Å²) in [6.07, 6.45) is 1.69. The number of ether oxygens (including phenoxy) is 1. The highest BCUT2D eigenvalue weighted by molar-refractivity contribution is 6.13. The molecule has 0 spiro atoms. The summed E-state index contributed by atoms with van der Waals surface area (Å²) >= 11 is 0. The van der Waals surface area contributed by atoms with E-state index in [1.165, 1.54) is 6.92 Å². The van der Waals surface area contributed by atoms with Crippen molar-refractivity contribution in [3.63, 3.8) is 0 Å². The highest BCUT2D eigenvalue weighted by atomic mass is 16.6. The molecule has 1 N–H and O–H groups in total. The van der Waals surface area contributed by atoms with Gasteiger partial charge in [-0.2, -0.15) is 0 Å². The van der Waals surface area contributed by atoms with Crippen LogP contribution in [0.1, 0.15) is 18.1 Å². The summed E-state index contributed by atoms with van der Waals surface area (Å²) < 4.78 is 5.26. The molecule has 0 radical (unpaired) electrons. The van der Waals surface area contributed by atoms with Crippen molar-refractivity contribution in [2.24, 2.45) is 4.99 Å². The average Bonchev–Trinajstić information content (AvgIpc) is 2.96. The van der Waals surface area contributed by atoms with Gasteiger partial charge in [0.25, 0.3) is 0 Å². The van der Waals surface area contributed by atoms with Crippen LogP contribution in [0.25, 0.3) is 6.08 Å². The summed E-state index contributed by atoms with van der Waals surface area (Å²) in [4.78, 5) is 29.4. The van der Waals surface area contributed by atoms with Crippen molar-refractivity contribution in [3.8, 4) is 0 Å². The van der Waals surface area contributed by atoms with Crippen molar-refractivity contribution in [1.29, 1.82) is 0 Å². The maximum atomic E-state index is 12.1. The predicted octanol–water partition coefficient (Wildman–Crippen LogP) is 3.06. The minimum absolute atomic E-state index is 0.145. The van der Waals surface area contributed by atoms with E-state index in [1.54, 1.807) is 30.3 Å². The van der Waals surface area contributed by atoms with Crippen LogP contribution < -0.4 is 10.2 Å². The van der Waals surface area contributed by atoms with Gasteiger partial charge in [0.2, 0.25) is 11.8 Å². The van der Waals surface area contributed by atoms with Gasteiger partial charge in [0, 0.05) is 38.0 Å². The fraction of sp³-hybridized carbons (Fsp3) is 0.150. The average molecular weight is 349 g/mol. The maximum Gasteiger partial charge on any atom is 0.363 e. The summed E-state index contributed by atoms with van der Waals surface area (Å²) in [5.41, 5.74) is 3.53. The number of hydrogen-bond donors (Lipinski definition) is 1. The first-order chi connectivity index (χ1) is 12.4. The van der Waals surface area contributed by atoms with Crippen LogP contribution in [0.3, 0.4) is 0 Å². The lowest BCUT2D eigenvalue weighted by Crippen LogP contribution is -2.08. The zero-order valence-electron chi connectivity index (χ0n) is 14.8. The smallest absolute Gasteiger partial charge is 0.363 e. The lowest BCUT2D eigenvalue weighted by Gasteiger charge is -2.11. The molecule has 0 aliphatic carbocycles. The molecule has 2 aromatic rings. The van der Waals surface area contributed by atoms with Crippen LogP contribution in [0.15, 0.2) is 59.2 Å². The van der Waals surface area contributed by atoms with E-state index in [9.17, 15) is 9.59 Å². The van der Waals surface area contributed by atoms with E-state index in [1.807, 2.05) is 43.3 Å². The van der Waals surface area contributed by atoms with Crippen molar-refractivity contribution in [1.82, 2.24) is 0 Å². The van der Waals surface area contributed by atoms with Gasteiger partial charge in [0.15, 0.2) is 5.70 Å². The van der Waals surface area contributed by atoms with Crippen molar-refractivity contribution >= 4 is 35.2 Å². The molecular formula is C20H19N3O3. The van der Waals surface area contributed by atoms with E-state index < -0.39 is 5.97 Å². The molecular weight excluding hydrogens is 330 g/mol. The molecule has 2 aromatic carbocycles. The molecule has 0 fully saturated rings. The summed E-state index contributed by atoms with van der Waals surface area (Å²) in [7, 11) is 3.94. The van der Waals surface area contributed by atoms with Crippen molar-refractivity contribution in [2.45, 2.75) is 6.92 Å². The Balaban J connectivity index is 1.81. The first-order valence-corrected chi connectivity index (χ1v) is 8.10. The van der Waals surface area contributed by atoms with E-state index in [0.29, 0.717) is 11.3 Å². The van der Waals surface area contributed by atoms with E-state index >= 15 is 0 Å². The van der Waals surface area contributed by atoms with E-state index in [-0.39, 0.29) is 17.5 Å². The topological polar surface area (TPSA) is 71.0 Å². The summed E-state index contributed by atoms with van der Waals surface area (Å²) in [5.74, 6) is -0.379. The second kappa shape index (κ2) is 7.23. The minimum Gasteiger partial charge on any atom is -0.402 e. The third-order valence-electron chi connectivity index (χ3n) is 3.79. The van der Waals surface area contributed by atoms with E-state index in [0.717, 1.165) is 11.3 Å². The monoisotopic (exact) mass is 349 g/mol. The Morgan fingerprint density at radius 1 is 1.08 bits per heavy atom. The number of carbonyl (C=O) groups excluding carboxylic acids is 2. The molecule has 26 heavy (non-hydrogen) atoms. The molecule has 0 unspecified atom stereocenters. The molecule has 1 amide bonds. The molecule has 1 heterocycles. The number of cyclic esters (lactones) is 1. The summed E-state index contributed by atoms with van der Waals surface area (Å²) in [6.45, 7) is 1.44. The molecule has 3 rings (SSSR count). The minimum atomic E-state index is -0.484. The molecule has 0 saturated heterocycles. The van der Waals surface area contributed by atoms with Gasteiger partial charge in [-0.25, -0.2) is 9.79 Å². The third kappa shape index (κ3) is 3.97. The van der Waals surface area contributed by atoms with Crippen LogP contribution in [0.5, 0.6) is 0 Å². The number of nitrogens with zero attached hydrogens (tertiary/aromatic N) is 2. The first-order valence-electron chi connectivity index (χ1n) is 8.10. The fourth-order valence-electron chi connectivity index (χ4n) is 2.46. The Bertz CT molecular complexity index is 895. The van der Waals surface area contributed by atoms with Gasteiger partial charge in [-0.15, -0.1) is 0 Å². The number of benzene rings is 2. The van der Waals surface area contributed by atoms with Crippen LogP contribution in [0.2, 0.25) is 0 Å². The highest BCUT2D eigenvalue weighted by Gasteiger charge is 2.24.